The van der Waals surface area contributed by atoms with E-state index in [2.05, 4.69) is 24.0 Å². The van der Waals surface area contributed by atoms with Gasteiger partial charge in [-0.1, -0.05) is 19.1 Å². The molecule has 3 aromatic rings. The van der Waals surface area contributed by atoms with Gasteiger partial charge in [0.1, 0.15) is 11.3 Å². The Morgan fingerprint density at radius 1 is 1.25 bits per heavy atom. The van der Waals surface area contributed by atoms with Gasteiger partial charge in [-0.15, -0.1) is 0 Å². The molecule has 0 saturated heterocycles. The highest BCUT2D eigenvalue weighted by molar-refractivity contribution is 6.01. The summed E-state index contributed by atoms with van der Waals surface area (Å²) in [5.41, 5.74) is 1.96. The van der Waals surface area contributed by atoms with Crippen molar-refractivity contribution >= 4 is 21.9 Å². The number of para-hydroxylation sites is 1. The Morgan fingerprint density at radius 2 is 2.12 bits per heavy atom. The summed E-state index contributed by atoms with van der Waals surface area (Å²) in [6.45, 7) is 2.16. The molecule has 0 aliphatic rings. The molecule has 0 unspecified atom stereocenters. The van der Waals surface area contributed by atoms with Gasteiger partial charge < -0.3 is 4.42 Å². The van der Waals surface area contributed by atoms with E-state index in [1.165, 1.54) is 0 Å². The third kappa shape index (κ3) is 1.38. The molecule has 3 rings (SSSR count). The van der Waals surface area contributed by atoms with Crippen LogP contribution in [-0.4, -0.2) is 4.98 Å². The van der Waals surface area contributed by atoms with Crippen LogP contribution >= 0.6 is 0 Å². The van der Waals surface area contributed by atoms with E-state index in [1.807, 2.05) is 24.4 Å². The lowest BCUT2D eigenvalue weighted by Gasteiger charge is -1.96. The molecular formula is C14H13NO. The van der Waals surface area contributed by atoms with E-state index >= 15 is 0 Å². The number of hydrogen-bond acceptors (Lipinski definition) is 2. The second-order valence-electron chi connectivity index (χ2n) is 4.02. The Hall–Kier alpha value is -1.83. The number of benzene rings is 1. The number of fused-ring (bicyclic) bond motifs is 3. The van der Waals surface area contributed by atoms with Crippen molar-refractivity contribution in [1.29, 1.82) is 0 Å². The maximum absolute atomic E-state index is 5.88. The molecule has 0 bridgehead atoms. The molecule has 2 heterocycles. The zero-order chi connectivity index (χ0) is 11.0. The van der Waals surface area contributed by atoms with E-state index in [0.29, 0.717) is 0 Å². The van der Waals surface area contributed by atoms with E-state index in [1.54, 1.807) is 0 Å². The Morgan fingerprint density at radius 3 is 3.00 bits per heavy atom. The van der Waals surface area contributed by atoms with Crippen LogP contribution in [-0.2, 0) is 6.42 Å². The van der Waals surface area contributed by atoms with E-state index in [4.69, 9.17) is 4.42 Å². The number of rotatable bonds is 2. The molecule has 0 radical (unpaired) electrons. The van der Waals surface area contributed by atoms with Gasteiger partial charge in [0, 0.05) is 23.4 Å². The molecule has 80 valence electrons. The van der Waals surface area contributed by atoms with E-state index in [9.17, 15) is 0 Å². The van der Waals surface area contributed by atoms with Crippen LogP contribution in [0.15, 0.2) is 40.9 Å². The predicted molar refractivity (Wildman–Crippen MR) is 65.5 cm³/mol. The van der Waals surface area contributed by atoms with Crippen molar-refractivity contribution in [3.63, 3.8) is 0 Å². The van der Waals surface area contributed by atoms with Crippen LogP contribution < -0.4 is 0 Å². The average molecular weight is 211 g/mol. The molecule has 0 amide bonds. The molecule has 0 aliphatic heterocycles. The lowest BCUT2D eigenvalue weighted by Crippen LogP contribution is -1.77. The first-order chi connectivity index (χ1) is 7.88. The van der Waals surface area contributed by atoms with E-state index in [-0.39, 0.29) is 0 Å². The number of furan rings is 1. The molecule has 16 heavy (non-hydrogen) atoms. The summed E-state index contributed by atoms with van der Waals surface area (Å²) in [7, 11) is 0. The zero-order valence-corrected chi connectivity index (χ0v) is 9.23. The minimum Gasteiger partial charge on any atom is -0.460 e. The average Bonchev–Trinajstić information content (AvgIpc) is 2.72. The van der Waals surface area contributed by atoms with Crippen molar-refractivity contribution in [3.05, 3.63) is 42.3 Å². The number of aromatic nitrogens is 1. The number of aryl methyl sites for hydroxylation is 1. The maximum Gasteiger partial charge on any atom is 0.145 e. The Labute approximate surface area is 93.9 Å². The van der Waals surface area contributed by atoms with Crippen LogP contribution in [0.5, 0.6) is 0 Å². The van der Waals surface area contributed by atoms with E-state index in [0.717, 1.165) is 40.5 Å². The second kappa shape index (κ2) is 3.63. The van der Waals surface area contributed by atoms with E-state index < -0.39 is 0 Å². The maximum atomic E-state index is 5.88. The fourth-order valence-corrected chi connectivity index (χ4v) is 2.05. The van der Waals surface area contributed by atoms with Crippen LogP contribution in [0.3, 0.4) is 0 Å². The summed E-state index contributed by atoms with van der Waals surface area (Å²) in [6.07, 6.45) is 3.98. The molecule has 2 heteroatoms. The predicted octanol–water partition coefficient (Wildman–Crippen LogP) is 3.93. The van der Waals surface area contributed by atoms with Gasteiger partial charge in [0.2, 0.25) is 0 Å². The largest absolute Gasteiger partial charge is 0.460 e. The highest BCUT2D eigenvalue weighted by Crippen LogP contribution is 2.26. The van der Waals surface area contributed by atoms with Crippen LogP contribution in [0.2, 0.25) is 0 Å². The molecule has 0 atom stereocenters. The highest BCUT2D eigenvalue weighted by Gasteiger charge is 2.07. The van der Waals surface area contributed by atoms with Gasteiger partial charge in [0.15, 0.2) is 0 Å². The SMILES string of the molecule is CCCc1cc2cnc3ccccc3c2o1. The monoisotopic (exact) mass is 211 g/mol. The molecular weight excluding hydrogens is 198 g/mol. The number of hydrogen-bond donors (Lipinski definition) is 0. The first-order valence-electron chi connectivity index (χ1n) is 5.64. The molecule has 0 aliphatic carbocycles. The summed E-state index contributed by atoms with van der Waals surface area (Å²) >= 11 is 0. The normalized spacial score (nSPS) is 11.3. The van der Waals surface area contributed by atoms with Crippen molar-refractivity contribution in [3.8, 4) is 0 Å². The van der Waals surface area contributed by atoms with Crippen LogP contribution in [0.25, 0.3) is 21.9 Å². The molecule has 0 fully saturated rings. The van der Waals surface area contributed by atoms with Gasteiger partial charge in [0.25, 0.3) is 0 Å². The minimum absolute atomic E-state index is 0.967. The molecule has 2 aromatic heterocycles. The van der Waals surface area contributed by atoms with Crippen LogP contribution in [0, 0.1) is 0 Å². The highest BCUT2D eigenvalue weighted by atomic mass is 16.3. The molecule has 0 N–H and O–H groups in total. The number of nitrogens with zero attached hydrogens (tertiary/aromatic N) is 1. The first-order valence-corrected chi connectivity index (χ1v) is 5.64. The topological polar surface area (TPSA) is 26.0 Å². The third-order valence-corrected chi connectivity index (χ3v) is 2.80. The minimum atomic E-state index is 0.967. The van der Waals surface area contributed by atoms with Crippen LogP contribution in [0.4, 0.5) is 0 Å². The fourth-order valence-electron chi connectivity index (χ4n) is 2.05. The summed E-state index contributed by atoms with van der Waals surface area (Å²) in [6, 6.07) is 10.2. The Balaban J connectivity index is 2.32. The number of pyridine rings is 1. The summed E-state index contributed by atoms with van der Waals surface area (Å²) in [5, 5.41) is 2.20. The summed E-state index contributed by atoms with van der Waals surface area (Å²) in [4.78, 5) is 4.42. The van der Waals surface area contributed by atoms with Gasteiger partial charge in [-0.3, -0.25) is 4.98 Å². The molecule has 0 saturated carbocycles. The van der Waals surface area contributed by atoms with Crippen molar-refractivity contribution < 1.29 is 4.42 Å². The van der Waals surface area contributed by atoms with Gasteiger partial charge in [-0.2, -0.15) is 0 Å². The first kappa shape index (κ1) is 9.40. The van der Waals surface area contributed by atoms with Gasteiger partial charge in [0.05, 0.1) is 5.52 Å². The van der Waals surface area contributed by atoms with Crippen molar-refractivity contribution in [2.24, 2.45) is 0 Å². The van der Waals surface area contributed by atoms with Crippen molar-refractivity contribution in [1.82, 2.24) is 4.98 Å². The van der Waals surface area contributed by atoms with Crippen molar-refractivity contribution in [2.45, 2.75) is 19.8 Å². The summed E-state index contributed by atoms with van der Waals surface area (Å²) in [5.74, 6) is 1.05. The standard InChI is InChI=1S/C14H13NO/c1-2-5-11-8-10-9-15-13-7-4-3-6-12(13)14(10)16-11/h3-4,6-9H,2,5H2,1H3. The van der Waals surface area contributed by atoms with Crippen LogP contribution in [0.1, 0.15) is 19.1 Å². The Kier molecular flexibility index (Phi) is 2.13. The molecule has 2 nitrogen and oxygen atoms in total. The quantitative estimate of drug-likeness (QED) is 0.641. The molecule has 1 aromatic carbocycles. The van der Waals surface area contributed by atoms with Gasteiger partial charge in [-0.05, 0) is 24.6 Å². The van der Waals surface area contributed by atoms with Crippen molar-refractivity contribution in [2.75, 3.05) is 0 Å². The Bertz CT molecular complexity index is 639. The molecule has 0 spiro atoms. The lowest BCUT2D eigenvalue weighted by molar-refractivity contribution is 0.547. The second-order valence-corrected chi connectivity index (χ2v) is 4.02. The smallest absolute Gasteiger partial charge is 0.145 e. The van der Waals surface area contributed by atoms with Gasteiger partial charge >= 0.3 is 0 Å². The lowest BCUT2D eigenvalue weighted by atomic mass is 10.2. The van der Waals surface area contributed by atoms with Gasteiger partial charge in [-0.25, -0.2) is 0 Å². The fraction of sp³-hybridized carbons (Fsp3) is 0.214. The zero-order valence-electron chi connectivity index (χ0n) is 9.23. The third-order valence-electron chi connectivity index (χ3n) is 2.80. The summed E-state index contributed by atoms with van der Waals surface area (Å²) < 4.78 is 5.88.